The van der Waals surface area contributed by atoms with Crippen LogP contribution in [0.3, 0.4) is 0 Å². The van der Waals surface area contributed by atoms with Crippen LogP contribution in [0.25, 0.3) is 11.5 Å². The van der Waals surface area contributed by atoms with Crippen LogP contribution in [0.4, 0.5) is 0 Å². The predicted molar refractivity (Wildman–Crippen MR) is 146 cm³/mol. The van der Waals surface area contributed by atoms with Crippen LogP contribution in [0, 0.1) is 0 Å². The summed E-state index contributed by atoms with van der Waals surface area (Å²) in [6.07, 6.45) is 2.34. The van der Waals surface area contributed by atoms with E-state index >= 15 is 0 Å². The minimum atomic E-state index is -0.205. The predicted octanol–water partition coefficient (Wildman–Crippen LogP) is 7.31. The van der Waals surface area contributed by atoms with E-state index in [1.807, 2.05) is 24.3 Å². The van der Waals surface area contributed by atoms with Gasteiger partial charge in [-0.3, -0.25) is 0 Å². The molecule has 0 bridgehead atoms. The Bertz CT molecular complexity index is 1070. The quantitative estimate of drug-likeness (QED) is 0.368. The van der Waals surface area contributed by atoms with E-state index in [1.165, 1.54) is 5.56 Å². The van der Waals surface area contributed by atoms with E-state index in [2.05, 4.69) is 79.6 Å². The summed E-state index contributed by atoms with van der Waals surface area (Å²) < 4.78 is 11.8. The number of oxazole rings is 1. The molecule has 2 aromatic carbocycles. The lowest BCUT2D eigenvalue weighted by Gasteiger charge is -2.27. The third kappa shape index (κ3) is 7.02. The average Bonchev–Trinajstić information content (AvgIpc) is 3.21. The second-order valence-electron chi connectivity index (χ2n) is 11.4. The van der Waals surface area contributed by atoms with E-state index in [4.69, 9.17) is 14.1 Å². The fourth-order valence-electron chi connectivity index (χ4n) is 3.87. The van der Waals surface area contributed by atoms with E-state index in [0.717, 1.165) is 28.1 Å². The molecular weight excluding hydrogens is 460 g/mol. The van der Waals surface area contributed by atoms with Gasteiger partial charge in [0.2, 0.25) is 5.89 Å². The molecule has 192 valence electrons. The third-order valence-electron chi connectivity index (χ3n) is 6.29. The van der Waals surface area contributed by atoms with Gasteiger partial charge in [0.05, 0.1) is 12.3 Å². The van der Waals surface area contributed by atoms with Crippen molar-refractivity contribution in [3.63, 3.8) is 0 Å². The Morgan fingerprint density at radius 2 is 1.51 bits per heavy atom. The summed E-state index contributed by atoms with van der Waals surface area (Å²) in [5.41, 5.74) is 4.36. The Morgan fingerprint density at radius 1 is 0.971 bits per heavy atom. The van der Waals surface area contributed by atoms with Crippen LogP contribution in [0.5, 0.6) is 11.5 Å². The number of halogens is 1. The number of aromatic nitrogens is 1. The van der Waals surface area contributed by atoms with Gasteiger partial charge in [0.25, 0.3) is 0 Å². The molecule has 0 aliphatic carbocycles. The molecule has 0 aliphatic heterocycles. The molecule has 0 fully saturated rings. The van der Waals surface area contributed by atoms with Crippen molar-refractivity contribution >= 4 is 12.4 Å². The lowest BCUT2D eigenvalue weighted by atomic mass is 9.78. The monoisotopic (exact) mass is 500 g/mol. The minimum absolute atomic E-state index is 0. The second kappa shape index (κ2) is 11.0. The topological polar surface area (TPSA) is 58.7 Å². The fraction of sp³-hybridized carbons (Fsp3) is 0.483. The van der Waals surface area contributed by atoms with Crippen LogP contribution in [0.1, 0.15) is 76.9 Å². The molecule has 6 heteroatoms. The van der Waals surface area contributed by atoms with Crippen molar-refractivity contribution < 1.29 is 14.3 Å². The lowest BCUT2D eigenvalue weighted by molar-refractivity contribution is 0.314. The maximum atomic E-state index is 11.0. The number of aromatic hydroxyl groups is 1. The molecule has 0 saturated heterocycles. The van der Waals surface area contributed by atoms with Crippen molar-refractivity contribution in [1.82, 2.24) is 9.88 Å². The van der Waals surface area contributed by atoms with Gasteiger partial charge in [-0.2, -0.15) is 0 Å². The Hall–Kier alpha value is -2.50. The van der Waals surface area contributed by atoms with E-state index in [1.54, 1.807) is 6.26 Å². The molecular formula is C29H41ClN2O3. The molecule has 35 heavy (non-hydrogen) atoms. The number of hydrogen-bond acceptors (Lipinski definition) is 5. The van der Waals surface area contributed by atoms with Gasteiger partial charge in [0, 0.05) is 29.2 Å². The lowest BCUT2D eigenvalue weighted by Crippen LogP contribution is -2.17. The van der Waals surface area contributed by atoms with E-state index in [9.17, 15) is 5.11 Å². The zero-order valence-electron chi connectivity index (χ0n) is 22.6. The number of benzene rings is 2. The number of nitrogens with zero attached hydrogens (tertiary/aromatic N) is 2. The number of rotatable bonds is 7. The molecule has 3 aromatic rings. The van der Waals surface area contributed by atoms with Gasteiger partial charge in [-0.15, -0.1) is 12.4 Å². The Kier molecular flexibility index (Phi) is 9.07. The van der Waals surface area contributed by atoms with Gasteiger partial charge >= 0.3 is 0 Å². The molecule has 1 atom stereocenters. The molecule has 0 saturated carbocycles. The summed E-state index contributed by atoms with van der Waals surface area (Å²) >= 11 is 0. The number of hydrogen-bond donors (Lipinski definition) is 1. The number of ether oxygens (including phenoxy) is 1. The van der Waals surface area contributed by atoms with Crippen LogP contribution < -0.4 is 4.74 Å². The number of phenols is 1. The molecule has 5 nitrogen and oxygen atoms in total. The van der Waals surface area contributed by atoms with Gasteiger partial charge in [-0.1, -0.05) is 53.7 Å². The largest absolute Gasteiger partial charge is 0.507 e. The summed E-state index contributed by atoms with van der Waals surface area (Å²) in [5.74, 6) is 1.77. The second-order valence-corrected chi connectivity index (χ2v) is 11.4. The van der Waals surface area contributed by atoms with Gasteiger partial charge < -0.3 is 19.2 Å². The summed E-state index contributed by atoms with van der Waals surface area (Å²) in [5, 5.41) is 11.0. The van der Waals surface area contributed by atoms with E-state index in [0.29, 0.717) is 30.7 Å². The highest BCUT2D eigenvalue weighted by Gasteiger charge is 2.27. The summed E-state index contributed by atoms with van der Waals surface area (Å²) in [7, 11) is 4.15. The molecule has 0 amide bonds. The fourth-order valence-corrected chi connectivity index (χ4v) is 3.87. The van der Waals surface area contributed by atoms with Crippen molar-refractivity contribution in [3.8, 4) is 23.0 Å². The highest BCUT2D eigenvalue weighted by molar-refractivity contribution is 5.85. The zero-order valence-corrected chi connectivity index (χ0v) is 23.4. The average molecular weight is 501 g/mol. The van der Waals surface area contributed by atoms with Gasteiger partial charge in [-0.05, 0) is 61.7 Å². The van der Waals surface area contributed by atoms with Crippen molar-refractivity contribution in [1.29, 1.82) is 0 Å². The first-order valence-electron chi connectivity index (χ1n) is 12.0. The number of phenolic OH excluding ortho intramolecular Hbond substituents is 1. The van der Waals surface area contributed by atoms with Crippen molar-refractivity contribution in [2.45, 2.75) is 71.8 Å². The normalized spacial score (nSPS) is 13.0. The Morgan fingerprint density at radius 3 is 2.00 bits per heavy atom. The van der Waals surface area contributed by atoms with Gasteiger partial charge in [0.1, 0.15) is 17.8 Å². The highest BCUT2D eigenvalue weighted by atomic mass is 35.5. The molecule has 1 unspecified atom stereocenters. The van der Waals surface area contributed by atoms with E-state index in [-0.39, 0.29) is 23.2 Å². The zero-order chi connectivity index (χ0) is 25.3. The van der Waals surface area contributed by atoms with Crippen LogP contribution in [-0.2, 0) is 17.3 Å². The van der Waals surface area contributed by atoms with Crippen LogP contribution in [-0.4, -0.2) is 35.7 Å². The van der Waals surface area contributed by atoms with E-state index < -0.39 is 0 Å². The van der Waals surface area contributed by atoms with Crippen LogP contribution in [0.15, 0.2) is 47.1 Å². The first-order chi connectivity index (χ1) is 15.8. The molecule has 1 heterocycles. The Labute approximate surface area is 216 Å². The molecule has 3 rings (SSSR count). The van der Waals surface area contributed by atoms with Gasteiger partial charge in [0.15, 0.2) is 0 Å². The first-order valence-corrected chi connectivity index (χ1v) is 12.0. The highest BCUT2D eigenvalue weighted by Crippen LogP contribution is 2.41. The minimum Gasteiger partial charge on any atom is -0.507 e. The molecule has 1 aromatic heterocycles. The third-order valence-corrected chi connectivity index (χ3v) is 6.29. The summed E-state index contributed by atoms with van der Waals surface area (Å²) in [4.78, 5) is 6.89. The standard InChI is InChI=1S/C29H40N2O3.ClH/c1-19(31(8)9)20-10-12-23(13-11-20)33-15-14-22-18-34-27(30-22)21-16-24(28(2,3)4)26(32)25(17-21)29(5,6)7;/h10-13,16-19,32H,14-15H2,1-9H3;1H. The van der Waals surface area contributed by atoms with Crippen molar-refractivity contribution in [2.24, 2.45) is 0 Å². The molecule has 0 spiro atoms. The van der Waals surface area contributed by atoms with Gasteiger partial charge in [-0.25, -0.2) is 4.98 Å². The summed E-state index contributed by atoms with van der Waals surface area (Å²) in [6.45, 7) is 15.3. The first kappa shape index (κ1) is 28.7. The molecule has 0 aliphatic rings. The maximum absolute atomic E-state index is 11.0. The van der Waals surface area contributed by atoms with Crippen LogP contribution >= 0.6 is 12.4 Å². The SMILES string of the molecule is CC(c1ccc(OCCc2coc(-c3cc(C(C)(C)C)c(O)c(C(C)(C)C)c3)n2)cc1)N(C)C.Cl. The molecule has 1 N–H and O–H groups in total. The smallest absolute Gasteiger partial charge is 0.226 e. The van der Waals surface area contributed by atoms with Crippen molar-refractivity contribution in [3.05, 3.63) is 65.0 Å². The molecule has 0 radical (unpaired) electrons. The maximum Gasteiger partial charge on any atom is 0.226 e. The van der Waals surface area contributed by atoms with Crippen LogP contribution in [0.2, 0.25) is 0 Å². The summed E-state index contributed by atoms with van der Waals surface area (Å²) in [6, 6.07) is 12.6. The van der Waals surface area contributed by atoms with Crippen molar-refractivity contribution in [2.75, 3.05) is 20.7 Å². The Balaban J connectivity index is 0.00000432.